The van der Waals surface area contributed by atoms with Gasteiger partial charge in [-0.3, -0.25) is 9.36 Å². The van der Waals surface area contributed by atoms with Gasteiger partial charge in [0.25, 0.3) is 5.56 Å². The minimum Gasteiger partial charge on any atom is -0.494 e. The second-order valence-electron chi connectivity index (χ2n) is 9.64. The number of fused-ring (bicyclic) bond motifs is 1. The third-order valence-electron chi connectivity index (χ3n) is 6.45. The SMILES string of the molecule is CCOC(=O)C1=C(c2ccccc2)N=c2s/c(=C\c3ccccc3OC(C)C)c(=O)n2[C@H]1c1ccc(OCC)cc1. The number of thiazole rings is 1. The number of hydrogen-bond acceptors (Lipinski definition) is 7. The van der Waals surface area contributed by atoms with Gasteiger partial charge in [-0.1, -0.05) is 72.0 Å². The highest BCUT2D eigenvalue weighted by atomic mass is 32.1. The average molecular weight is 569 g/mol. The summed E-state index contributed by atoms with van der Waals surface area (Å²) in [6.07, 6.45) is 1.80. The van der Waals surface area contributed by atoms with Crippen LogP contribution in [0, 0.1) is 0 Å². The number of para-hydroxylation sites is 1. The first-order valence-electron chi connectivity index (χ1n) is 13.7. The Bertz CT molecular complexity index is 1750. The van der Waals surface area contributed by atoms with Crippen LogP contribution in [0.25, 0.3) is 11.8 Å². The maximum Gasteiger partial charge on any atom is 0.338 e. The molecule has 0 unspecified atom stereocenters. The summed E-state index contributed by atoms with van der Waals surface area (Å²) in [6.45, 7) is 8.33. The number of carbonyl (C=O) groups excluding carboxylic acids is 1. The van der Waals surface area contributed by atoms with E-state index in [1.54, 1.807) is 11.5 Å². The monoisotopic (exact) mass is 568 g/mol. The Labute approximate surface area is 242 Å². The fourth-order valence-corrected chi connectivity index (χ4v) is 5.76. The highest BCUT2D eigenvalue weighted by Crippen LogP contribution is 2.35. The fourth-order valence-electron chi connectivity index (χ4n) is 4.77. The number of nitrogens with zero attached hydrogens (tertiary/aromatic N) is 2. The van der Waals surface area contributed by atoms with Crippen molar-refractivity contribution in [2.45, 2.75) is 39.8 Å². The van der Waals surface area contributed by atoms with Crippen LogP contribution in [0.5, 0.6) is 11.5 Å². The van der Waals surface area contributed by atoms with Crippen LogP contribution < -0.4 is 24.4 Å². The molecule has 1 aromatic heterocycles. The minimum atomic E-state index is -0.750. The lowest BCUT2D eigenvalue weighted by atomic mass is 9.93. The number of carbonyl (C=O) groups is 1. The van der Waals surface area contributed by atoms with Crippen LogP contribution >= 0.6 is 11.3 Å². The molecule has 0 bridgehead atoms. The van der Waals surface area contributed by atoms with E-state index >= 15 is 0 Å². The van der Waals surface area contributed by atoms with Crippen LogP contribution in [0.4, 0.5) is 0 Å². The van der Waals surface area contributed by atoms with E-state index in [2.05, 4.69) is 0 Å². The lowest BCUT2D eigenvalue weighted by Gasteiger charge is -2.26. The predicted octanol–water partition coefficient (Wildman–Crippen LogP) is 5.12. The van der Waals surface area contributed by atoms with Gasteiger partial charge in [0, 0.05) is 11.1 Å². The Morgan fingerprint density at radius 1 is 0.976 bits per heavy atom. The molecule has 4 aromatic rings. The van der Waals surface area contributed by atoms with Gasteiger partial charge >= 0.3 is 5.97 Å². The minimum absolute atomic E-state index is 0.0222. The van der Waals surface area contributed by atoms with Crippen LogP contribution in [0.1, 0.15) is 50.4 Å². The number of rotatable bonds is 9. The van der Waals surface area contributed by atoms with Crippen molar-refractivity contribution in [3.8, 4) is 11.5 Å². The molecule has 0 amide bonds. The van der Waals surface area contributed by atoms with Gasteiger partial charge in [0.15, 0.2) is 4.80 Å². The van der Waals surface area contributed by atoms with Gasteiger partial charge in [-0.25, -0.2) is 9.79 Å². The van der Waals surface area contributed by atoms with Crippen molar-refractivity contribution in [3.05, 3.63) is 121 Å². The van der Waals surface area contributed by atoms with Crippen molar-refractivity contribution in [1.29, 1.82) is 0 Å². The molecule has 8 heteroatoms. The van der Waals surface area contributed by atoms with Gasteiger partial charge in [0.1, 0.15) is 11.5 Å². The summed E-state index contributed by atoms with van der Waals surface area (Å²) >= 11 is 1.28. The second kappa shape index (κ2) is 12.4. The highest BCUT2D eigenvalue weighted by molar-refractivity contribution is 7.07. The quantitative estimate of drug-likeness (QED) is 0.262. The zero-order valence-corrected chi connectivity index (χ0v) is 24.3. The zero-order chi connectivity index (χ0) is 28.9. The highest BCUT2D eigenvalue weighted by Gasteiger charge is 2.35. The first-order valence-corrected chi connectivity index (χ1v) is 14.5. The molecule has 2 heterocycles. The molecule has 1 atom stereocenters. The molecule has 1 aliphatic rings. The summed E-state index contributed by atoms with van der Waals surface area (Å²) in [4.78, 5) is 33.1. The summed E-state index contributed by atoms with van der Waals surface area (Å²) in [5, 5.41) is 0. The van der Waals surface area contributed by atoms with Gasteiger partial charge < -0.3 is 14.2 Å². The first kappa shape index (κ1) is 28.1. The molecule has 0 N–H and O–H groups in total. The average Bonchev–Trinajstić information content (AvgIpc) is 3.28. The van der Waals surface area contributed by atoms with Crippen LogP contribution in [-0.4, -0.2) is 29.9 Å². The van der Waals surface area contributed by atoms with E-state index in [1.165, 1.54) is 11.3 Å². The molecule has 210 valence electrons. The molecule has 5 rings (SSSR count). The van der Waals surface area contributed by atoms with Crippen LogP contribution in [0.3, 0.4) is 0 Å². The largest absolute Gasteiger partial charge is 0.494 e. The van der Waals surface area contributed by atoms with Gasteiger partial charge in [-0.2, -0.15) is 0 Å². The van der Waals surface area contributed by atoms with E-state index in [-0.39, 0.29) is 18.3 Å². The van der Waals surface area contributed by atoms with Crippen LogP contribution in [0.15, 0.2) is 94.2 Å². The van der Waals surface area contributed by atoms with Crippen molar-refractivity contribution in [3.63, 3.8) is 0 Å². The topological polar surface area (TPSA) is 79.1 Å². The van der Waals surface area contributed by atoms with Gasteiger partial charge in [0.05, 0.1) is 41.2 Å². The molecule has 0 saturated heterocycles. The number of ether oxygens (including phenoxy) is 3. The van der Waals surface area contributed by atoms with Crippen molar-refractivity contribution in [1.82, 2.24) is 4.57 Å². The van der Waals surface area contributed by atoms with Crippen molar-refractivity contribution in [2.24, 2.45) is 4.99 Å². The lowest BCUT2D eigenvalue weighted by Crippen LogP contribution is -2.40. The van der Waals surface area contributed by atoms with Crippen LogP contribution in [0.2, 0.25) is 0 Å². The normalized spacial score (nSPS) is 15.0. The molecule has 0 saturated carbocycles. The summed E-state index contributed by atoms with van der Waals surface area (Å²) in [5.41, 5.74) is 2.85. The Morgan fingerprint density at radius 2 is 1.68 bits per heavy atom. The van der Waals surface area contributed by atoms with E-state index in [9.17, 15) is 9.59 Å². The van der Waals surface area contributed by atoms with Crippen molar-refractivity contribution < 1.29 is 19.0 Å². The van der Waals surface area contributed by atoms with Crippen molar-refractivity contribution >= 4 is 29.1 Å². The third kappa shape index (κ3) is 5.88. The first-order chi connectivity index (χ1) is 19.9. The maximum atomic E-state index is 14.1. The third-order valence-corrected chi connectivity index (χ3v) is 7.43. The molecule has 7 nitrogen and oxygen atoms in total. The lowest BCUT2D eigenvalue weighted by molar-refractivity contribution is -0.138. The molecule has 0 aliphatic carbocycles. The molecule has 0 radical (unpaired) electrons. The Hall–Kier alpha value is -4.43. The summed E-state index contributed by atoms with van der Waals surface area (Å²) in [7, 11) is 0. The van der Waals surface area contributed by atoms with E-state index in [0.29, 0.717) is 38.7 Å². The standard InChI is InChI=1S/C33H32N2O5S/c1-5-38-25-18-16-23(17-19-25)30-28(32(37)39-6-2)29(22-12-8-7-9-13-22)34-33-35(30)31(36)27(41-33)20-24-14-10-11-15-26(24)40-21(3)4/h7-21,30H,5-6H2,1-4H3/b27-20-/t30-/m0/s1. The summed E-state index contributed by atoms with van der Waals surface area (Å²) in [6, 6.07) is 23.8. The Kier molecular flexibility index (Phi) is 8.50. The molecule has 41 heavy (non-hydrogen) atoms. The summed E-state index contributed by atoms with van der Waals surface area (Å²) < 4.78 is 19.3. The summed E-state index contributed by atoms with van der Waals surface area (Å²) in [5.74, 6) is 0.878. The predicted molar refractivity (Wildman–Crippen MR) is 161 cm³/mol. The Morgan fingerprint density at radius 3 is 2.37 bits per heavy atom. The molecule has 0 fully saturated rings. The maximum absolute atomic E-state index is 14.1. The van der Waals surface area contributed by atoms with Gasteiger partial charge in [-0.15, -0.1) is 0 Å². The molecular formula is C33H32N2O5S. The van der Waals surface area contributed by atoms with E-state index in [0.717, 1.165) is 16.7 Å². The van der Waals surface area contributed by atoms with E-state index in [4.69, 9.17) is 19.2 Å². The van der Waals surface area contributed by atoms with Gasteiger partial charge in [-0.05, 0) is 57.5 Å². The van der Waals surface area contributed by atoms with E-state index in [1.807, 2.05) is 106 Å². The van der Waals surface area contributed by atoms with Crippen molar-refractivity contribution in [2.75, 3.05) is 13.2 Å². The number of aromatic nitrogens is 1. The Balaban J connectivity index is 1.78. The zero-order valence-electron chi connectivity index (χ0n) is 23.5. The number of hydrogen-bond donors (Lipinski definition) is 0. The van der Waals surface area contributed by atoms with Gasteiger partial charge in [0.2, 0.25) is 0 Å². The molecule has 3 aromatic carbocycles. The smallest absolute Gasteiger partial charge is 0.338 e. The van der Waals surface area contributed by atoms with E-state index < -0.39 is 12.0 Å². The molecule has 1 aliphatic heterocycles. The van der Waals surface area contributed by atoms with Crippen LogP contribution in [-0.2, 0) is 9.53 Å². The molecular weight excluding hydrogens is 536 g/mol. The second-order valence-corrected chi connectivity index (χ2v) is 10.6. The fraction of sp³-hybridized carbons (Fsp3) is 0.242. The molecule has 0 spiro atoms. The number of esters is 1. The number of benzene rings is 3.